The first-order chi connectivity index (χ1) is 14.9. The van der Waals surface area contributed by atoms with Gasteiger partial charge < -0.3 is 9.32 Å². The van der Waals surface area contributed by atoms with Crippen LogP contribution in [-0.4, -0.2) is 46.0 Å². The van der Waals surface area contributed by atoms with Crippen molar-refractivity contribution in [2.45, 2.75) is 10.9 Å². The van der Waals surface area contributed by atoms with Crippen LogP contribution in [0, 0.1) is 5.82 Å². The Morgan fingerprint density at radius 1 is 1.00 bits per heavy atom. The minimum atomic E-state index is -3.64. The van der Waals surface area contributed by atoms with Crippen LogP contribution >= 0.6 is 15.9 Å². The van der Waals surface area contributed by atoms with Crippen molar-refractivity contribution in [1.82, 2.24) is 9.62 Å². The van der Waals surface area contributed by atoms with Crippen LogP contribution in [0.25, 0.3) is 0 Å². The molecule has 1 fully saturated rings. The Kier molecular flexibility index (Phi) is 6.76. The van der Waals surface area contributed by atoms with Gasteiger partial charge in [-0.2, -0.15) is 0 Å². The summed E-state index contributed by atoms with van der Waals surface area (Å²) >= 11 is 3.32. The van der Waals surface area contributed by atoms with Crippen molar-refractivity contribution in [1.29, 1.82) is 0 Å². The van der Waals surface area contributed by atoms with Gasteiger partial charge in [-0.1, -0.05) is 15.9 Å². The molecule has 1 atom stereocenters. The number of nitrogens with one attached hydrogen (secondary N) is 1. The van der Waals surface area contributed by atoms with Crippen LogP contribution < -0.4 is 9.62 Å². The summed E-state index contributed by atoms with van der Waals surface area (Å²) in [6.45, 7) is 3.15. The van der Waals surface area contributed by atoms with E-state index in [2.05, 4.69) is 30.5 Å². The molecular formula is C22H23BrFN3O3S. The lowest BCUT2D eigenvalue weighted by Gasteiger charge is -2.39. The minimum Gasteiger partial charge on any atom is -0.468 e. The van der Waals surface area contributed by atoms with Crippen molar-refractivity contribution >= 4 is 31.6 Å². The fraction of sp³-hybridized carbons (Fsp3) is 0.273. The van der Waals surface area contributed by atoms with Gasteiger partial charge in [0.1, 0.15) is 11.6 Å². The fourth-order valence-corrected chi connectivity index (χ4v) is 5.02. The standard InChI is InChI=1S/C22H23BrFN3O3S/c23-17-3-9-20(10-4-17)31(28,29)25-16-21(22-2-1-15-30-22)27-13-11-26(12-14-27)19-7-5-18(24)6-8-19/h1-10,15,21,25H,11-14,16H2/t21-/m0/s1. The van der Waals surface area contributed by atoms with Crippen LogP contribution in [0.2, 0.25) is 0 Å². The van der Waals surface area contributed by atoms with Gasteiger partial charge in [0.15, 0.2) is 0 Å². The second kappa shape index (κ2) is 9.52. The molecule has 1 aromatic heterocycles. The van der Waals surface area contributed by atoms with Gasteiger partial charge >= 0.3 is 0 Å². The number of sulfonamides is 1. The second-order valence-electron chi connectivity index (χ2n) is 7.34. The Labute approximate surface area is 189 Å². The van der Waals surface area contributed by atoms with Gasteiger partial charge in [0.05, 0.1) is 17.2 Å². The molecule has 6 nitrogen and oxygen atoms in total. The largest absolute Gasteiger partial charge is 0.468 e. The van der Waals surface area contributed by atoms with Crippen molar-refractivity contribution in [2.24, 2.45) is 0 Å². The smallest absolute Gasteiger partial charge is 0.240 e. The molecule has 0 amide bonds. The number of furan rings is 1. The highest BCUT2D eigenvalue weighted by Crippen LogP contribution is 2.25. The highest BCUT2D eigenvalue weighted by molar-refractivity contribution is 9.10. The molecule has 0 unspecified atom stereocenters. The first-order valence-corrected chi connectivity index (χ1v) is 12.2. The van der Waals surface area contributed by atoms with E-state index in [9.17, 15) is 12.8 Å². The van der Waals surface area contributed by atoms with E-state index in [0.717, 1.165) is 36.3 Å². The molecule has 4 rings (SSSR count). The zero-order valence-electron chi connectivity index (χ0n) is 16.7. The lowest BCUT2D eigenvalue weighted by molar-refractivity contribution is 0.166. The van der Waals surface area contributed by atoms with Gasteiger partial charge in [0.2, 0.25) is 10.0 Å². The molecule has 1 N–H and O–H groups in total. The van der Waals surface area contributed by atoms with Crippen LogP contribution in [0.5, 0.6) is 0 Å². The first kappa shape index (κ1) is 22.0. The molecule has 2 heterocycles. The maximum Gasteiger partial charge on any atom is 0.240 e. The van der Waals surface area contributed by atoms with Gasteiger partial charge in [-0.25, -0.2) is 17.5 Å². The monoisotopic (exact) mass is 507 g/mol. The molecule has 0 radical (unpaired) electrons. The number of anilines is 1. The normalized spacial score (nSPS) is 16.4. The average Bonchev–Trinajstić information content (AvgIpc) is 3.30. The highest BCUT2D eigenvalue weighted by atomic mass is 79.9. The van der Waals surface area contributed by atoms with Crippen LogP contribution in [-0.2, 0) is 10.0 Å². The molecule has 1 aliphatic heterocycles. The van der Waals surface area contributed by atoms with E-state index in [1.165, 1.54) is 12.1 Å². The van der Waals surface area contributed by atoms with Crippen LogP contribution in [0.1, 0.15) is 11.8 Å². The van der Waals surface area contributed by atoms with E-state index in [0.29, 0.717) is 5.76 Å². The summed E-state index contributed by atoms with van der Waals surface area (Å²) < 4.78 is 47.9. The molecule has 0 saturated carbocycles. The Hall–Kier alpha value is -2.20. The highest BCUT2D eigenvalue weighted by Gasteiger charge is 2.28. The van der Waals surface area contributed by atoms with Crippen molar-refractivity contribution in [3.63, 3.8) is 0 Å². The average molecular weight is 508 g/mol. The minimum absolute atomic E-state index is 0.197. The van der Waals surface area contributed by atoms with E-state index in [-0.39, 0.29) is 23.3 Å². The van der Waals surface area contributed by atoms with Gasteiger partial charge in [-0.15, -0.1) is 0 Å². The van der Waals surface area contributed by atoms with E-state index in [4.69, 9.17) is 4.42 Å². The van der Waals surface area contributed by atoms with Crippen molar-refractivity contribution < 1.29 is 17.2 Å². The van der Waals surface area contributed by atoms with Crippen molar-refractivity contribution in [3.05, 3.63) is 83.0 Å². The van der Waals surface area contributed by atoms with Gasteiger partial charge in [-0.3, -0.25) is 4.90 Å². The third-order valence-corrected chi connectivity index (χ3v) is 7.38. The molecule has 0 aliphatic carbocycles. The Morgan fingerprint density at radius 3 is 2.29 bits per heavy atom. The molecule has 164 valence electrons. The summed E-state index contributed by atoms with van der Waals surface area (Å²) in [5.41, 5.74) is 0.978. The van der Waals surface area contributed by atoms with Crippen LogP contribution in [0.15, 0.2) is 80.7 Å². The number of hydrogen-bond acceptors (Lipinski definition) is 5. The summed E-state index contributed by atoms with van der Waals surface area (Å²) in [5, 5.41) is 0. The zero-order valence-corrected chi connectivity index (χ0v) is 19.1. The molecule has 0 bridgehead atoms. The molecular weight excluding hydrogens is 485 g/mol. The predicted octanol–water partition coefficient (Wildman–Crippen LogP) is 4.02. The number of halogens is 2. The summed E-state index contributed by atoms with van der Waals surface area (Å²) in [6.07, 6.45) is 1.60. The maximum atomic E-state index is 13.2. The number of piperazine rings is 1. The van der Waals surface area contributed by atoms with Crippen molar-refractivity contribution in [2.75, 3.05) is 37.6 Å². The SMILES string of the molecule is O=S(=O)(NC[C@@H](c1ccco1)N1CCN(c2ccc(F)cc2)CC1)c1ccc(Br)cc1. The lowest BCUT2D eigenvalue weighted by atomic mass is 10.1. The van der Waals surface area contributed by atoms with Gasteiger partial charge in [0, 0.05) is 42.9 Å². The third kappa shape index (κ3) is 5.35. The number of benzene rings is 2. The van der Waals surface area contributed by atoms with Gasteiger partial charge in [0.25, 0.3) is 0 Å². The Morgan fingerprint density at radius 2 is 1.68 bits per heavy atom. The lowest BCUT2D eigenvalue weighted by Crippen LogP contribution is -2.49. The maximum absolute atomic E-state index is 13.2. The number of hydrogen-bond donors (Lipinski definition) is 1. The van der Waals surface area contributed by atoms with Crippen LogP contribution in [0.3, 0.4) is 0 Å². The summed E-state index contributed by atoms with van der Waals surface area (Å²) in [4.78, 5) is 4.62. The number of rotatable bonds is 7. The molecule has 1 saturated heterocycles. The summed E-state index contributed by atoms with van der Waals surface area (Å²) in [7, 11) is -3.64. The van der Waals surface area contributed by atoms with Gasteiger partial charge in [-0.05, 0) is 60.7 Å². The predicted molar refractivity (Wildman–Crippen MR) is 121 cm³/mol. The zero-order chi connectivity index (χ0) is 21.8. The van der Waals surface area contributed by atoms with E-state index < -0.39 is 10.0 Å². The first-order valence-electron chi connectivity index (χ1n) is 9.95. The molecule has 2 aromatic carbocycles. The topological polar surface area (TPSA) is 65.8 Å². The van der Waals surface area contributed by atoms with E-state index >= 15 is 0 Å². The quantitative estimate of drug-likeness (QED) is 0.523. The summed E-state index contributed by atoms with van der Waals surface area (Å²) in [6, 6.07) is 16.5. The molecule has 3 aromatic rings. The van der Waals surface area contributed by atoms with E-state index in [1.807, 2.05) is 6.07 Å². The second-order valence-corrected chi connectivity index (χ2v) is 10.0. The molecule has 0 spiro atoms. The fourth-order valence-electron chi connectivity index (χ4n) is 3.72. The van der Waals surface area contributed by atoms with Crippen LogP contribution in [0.4, 0.5) is 10.1 Å². The number of nitrogens with zero attached hydrogens (tertiary/aromatic N) is 2. The Balaban J connectivity index is 1.44. The molecule has 1 aliphatic rings. The molecule has 31 heavy (non-hydrogen) atoms. The Bertz CT molecular complexity index is 1080. The summed E-state index contributed by atoms with van der Waals surface area (Å²) in [5.74, 6) is 0.465. The van der Waals surface area contributed by atoms with Crippen molar-refractivity contribution in [3.8, 4) is 0 Å². The molecule has 9 heteroatoms. The third-order valence-electron chi connectivity index (χ3n) is 5.41. The van der Waals surface area contributed by atoms with E-state index in [1.54, 1.807) is 48.7 Å².